The molecular formula is C28H31N5O3. The monoisotopic (exact) mass is 485 g/mol. The minimum atomic E-state index is -0.531. The fraction of sp³-hybridized carbons (Fsp3) is 0.321. The number of nitrogens with two attached hydrogens (primary N) is 1. The van der Waals surface area contributed by atoms with E-state index in [1.165, 1.54) is 6.33 Å². The zero-order chi connectivity index (χ0) is 25.4. The summed E-state index contributed by atoms with van der Waals surface area (Å²) >= 11 is 0. The van der Waals surface area contributed by atoms with E-state index in [9.17, 15) is 4.79 Å². The minimum absolute atomic E-state index is 0.0590. The Bertz CT molecular complexity index is 1390. The number of rotatable bonds is 4. The third-order valence-electron chi connectivity index (χ3n) is 6.36. The molecule has 0 spiro atoms. The summed E-state index contributed by atoms with van der Waals surface area (Å²) in [6.07, 6.45) is 2.01. The van der Waals surface area contributed by atoms with Crippen LogP contribution in [0.1, 0.15) is 38.9 Å². The SMILES string of the molecule is Cc1c(-c2ccc(Oc3ccccc3)cc2)c2c(N)ncnc2n1[C@@H]1CCN(C(=O)OC(C)(C)C)C1. The molecule has 0 unspecified atom stereocenters. The highest BCUT2D eigenvalue weighted by molar-refractivity contribution is 6.02. The van der Waals surface area contributed by atoms with Gasteiger partial charge in [0.2, 0.25) is 0 Å². The summed E-state index contributed by atoms with van der Waals surface area (Å²) in [5, 5.41) is 0.822. The summed E-state index contributed by atoms with van der Waals surface area (Å²) in [5.41, 5.74) is 9.64. The van der Waals surface area contributed by atoms with Crippen LogP contribution in [0.3, 0.4) is 0 Å². The van der Waals surface area contributed by atoms with Crippen LogP contribution in [0.5, 0.6) is 11.5 Å². The lowest BCUT2D eigenvalue weighted by Crippen LogP contribution is -2.35. The van der Waals surface area contributed by atoms with Crippen molar-refractivity contribution in [1.29, 1.82) is 0 Å². The van der Waals surface area contributed by atoms with Crippen LogP contribution in [0.4, 0.5) is 10.6 Å². The van der Waals surface area contributed by atoms with Crippen LogP contribution in [0, 0.1) is 6.92 Å². The van der Waals surface area contributed by atoms with Crippen molar-refractivity contribution in [3.63, 3.8) is 0 Å². The Morgan fingerprint density at radius 1 is 1.03 bits per heavy atom. The lowest BCUT2D eigenvalue weighted by molar-refractivity contribution is 0.0289. The van der Waals surface area contributed by atoms with Crippen LogP contribution in [0.15, 0.2) is 60.9 Å². The number of nitrogen functional groups attached to an aromatic ring is 1. The van der Waals surface area contributed by atoms with Gasteiger partial charge in [-0.15, -0.1) is 0 Å². The predicted octanol–water partition coefficient (Wildman–Crippen LogP) is 5.96. The van der Waals surface area contributed by atoms with Gasteiger partial charge in [-0.1, -0.05) is 30.3 Å². The summed E-state index contributed by atoms with van der Waals surface area (Å²) in [6, 6.07) is 17.7. The van der Waals surface area contributed by atoms with Crippen LogP contribution in [-0.2, 0) is 4.74 Å². The number of para-hydroxylation sites is 1. The number of carbonyl (C=O) groups excluding carboxylic acids is 1. The zero-order valence-electron chi connectivity index (χ0n) is 21.1. The van der Waals surface area contributed by atoms with E-state index in [0.717, 1.165) is 45.8 Å². The fourth-order valence-electron chi connectivity index (χ4n) is 4.83. The molecular weight excluding hydrogens is 454 g/mol. The highest BCUT2D eigenvalue weighted by atomic mass is 16.6. The van der Waals surface area contributed by atoms with Gasteiger partial charge in [-0.05, 0) is 63.9 Å². The van der Waals surface area contributed by atoms with E-state index in [2.05, 4.69) is 21.5 Å². The van der Waals surface area contributed by atoms with Gasteiger partial charge in [-0.3, -0.25) is 0 Å². The standard InChI is InChI=1S/C28H31N5O3/c1-18-23(19-10-12-22(13-11-19)35-21-8-6-5-7-9-21)24-25(29)30-17-31-26(24)33(18)20-14-15-32(16-20)27(34)36-28(2,3)4/h5-13,17,20H,14-16H2,1-4H3,(H2,29,30,31)/t20-/m1/s1. The predicted molar refractivity (Wildman–Crippen MR) is 140 cm³/mol. The number of anilines is 1. The number of hydrogen-bond donors (Lipinski definition) is 1. The van der Waals surface area contributed by atoms with Crippen LogP contribution >= 0.6 is 0 Å². The molecule has 8 heteroatoms. The molecule has 4 aromatic rings. The average molecular weight is 486 g/mol. The molecule has 0 bridgehead atoms. The Labute approximate surface area is 210 Å². The summed E-state index contributed by atoms with van der Waals surface area (Å²) in [6.45, 7) is 8.88. The van der Waals surface area contributed by atoms with Gasteiger partial charge in [0.05, 0.1) is 11.4 Å². The molecule has 2 N–H and O–H groups in total. The van der Waals surface area contributed by atoms with E-state index in [1.54, 1.807) is 4.90 Å². The first-order valence-electron chi connectivity index (χ1n) is 12.1. The van der Waals surface area contributed by atoms with E-state index >= 15 is 0 Å². The Hall–Kier alpha value is -4.07. The normalized spacial score (nSPS) is 15.9. The van der Waals surface area contributed by atoms with Crippen molar-refractivity contribution in [2.24, 2.45) is 0 Å². The maximum Gasteiger partial charge on any atom is 0.410 e. The molecule has 1 fully saturated rings. The summed E-state index contributed by atoms with van der Waals surface area (Å²) in [5.74, 6) is 1.97. The van der Waals surface area contributed by atoms with E-state index in [-0.39, 0.29) is 12.1 Å². The summed E-state index contributed by atoms with van der Waals surface area (Å²) in [4.78, 5) is 23.3. The molecule has 1 atom stereocenters. The summed E-state index contributed by atoms with van der Waals surface area (Å²) < 4.78 is 13.7. The van der Waals surface area contributed by atoms with Crippen molar-refractivity contribution in [2.45, 2.75) is 45.8 Å². The topological polar surface area (TPSA) is 95.5 Å². The lowest BCUT2D eigenvalue weighted by Gasteiger charge is -2.24. The maximum absolute atomic E-state index is 12.7. The van der Waals surface area contributed by atoms with Crippen LogP contribution in [-0.4, -0.2) is 44.2 Å². The number of aromatic nitrogens is 3. The Kier molecular flexibility index (Phi) is 6.04. The molecule has 1 aliphatic heterocycles. The number of amides is 1. The molecule has 0 aliphatic carbocycles. The van der Waals surface area contributed by atoms with Crippen molar-refractivity contribution in [3.8, 4) is 22.6 Å². The van der Waals surface area contributed by atoms with Crippen LogP contribution in [0.2, 0.25) is 0 Å². The van der Waals surface area contributed by atoms with Crippen molar-refractivity contribution < 1.29 is 14.3 Å². The molecule has 2 aromatic heterocycles. The number of ether oxygens (including phenoxy) is 2. The molecule has 1 aliphatic rings. The number of benzene rings is 2. The van der Waals surface area contributed by atoms with Gasteiger partial charge in [-0.25, -0.2) is 14.8 Å². The van der Waals surface area contributed by atoms with Gasteiger partial charge < -0.3 is 24.7 Å². The Balaban J connectivity index is 1.48. The third kappa shape index (κ3) is 4.58. The Morgan fingerprint density at radius 2 is 1.72 bits per heavy atom. The van der Waals surface area contributed by atoms with Crippen LogP contribution < -0.4 is 10.5 Å². The lowest BCUT2D eigenvalue weighted by atomic mass is 10.0. The van der Waals surface area contributed by atoms with Crippen LogP contribution in [0.25, 0.3) is 22.2 Å². The number of fused-ring (bicyclic) bond motifs is 1. The van der Waals surface area contributed by atoms with Gasteiger partial charge in [0.25, 0.3) is 0 Å². The second-order valence-electron chi connectivity index (χ2n) is 10.1. The van der Waals surface area contributed by atoms with Gasteiger partial charge in [-0.2, -0.15) is 0 Å². The molecule has 36 heavy (non-hydrogen) atoms. The molecule has 2 aromatic carbocycles. The second kappa shape index (κ2) is 9.18. The quantitative estimate of drug-likeness (QED) is 0.383. The fourth-order valence-corrected chi connectivity index (χ4v) is 4.83. The first kappa shape index (κ1) is 23.7. The number of hydrogen-bond acceptors (Lipinski definition) is 6. The minimum Gasteiger partial charge on any atom is -0.457 e. The molecule has 186 valence electrons. The van der Waals surface area contributed by atoms with Crippen molar-refractivity contribution >= 4 is 22.9 Å². The first-order valence-corrected chi connectivity index (χ1v) is 12.1. The third-order valence-corrected chi connectivity index (χ3v) is 6.36. The van der Waals surface area contributed by atoms with E-state index in [1.807, 2.05) is 75.4 Å². The van der Waals surface area contributed by atoms with Gasteiger partial charge in [0.15, 0.2) is 0 Å². The highest BCUT2D eigenvalue weighted by Crippen LogP contribution is 2.40. The molecule has 0 saturated carbocycles. The summed E-state index contributed by atoms with van der Waals surface area (Å²) in [7, 11) is 0. The molecule has 8 nitrogen and oxygen atoms in total. The number of nitrogens with zero attached hydrogens (tertiary/aromatic N) is 4. The van der Waals surface area contributed by atoms with Gasteiger partial charge in [0.1, 0.15) is 34.9 Å². The number of carbonyl (C=O) groups is 1. The smallest absolute Gasteiger partial charge is 0.410 e. The molecule has 1 saturated heterocycles. The first-order chi connectivity index (χ1) is 17.2. The number of likely N-dealkylation sites (tertiary alicyclic amines) is 1. The second-order valence-corrected chi connectivity index (χ2v) is 10.1. The van der Waals surface area contributed by atoms with Gasteiger partial charge >= 0.3 is 6.09 Å². The zero-order valence-corrected chi connectivity index (χ0v) is 21.1. The van der Waals surface area contributed by atoms with E-state index in [4.69, 9.17) is 15.2 Å². The molecule has 1 amide bonds. The largest absolute Gasteiger partial charge is 0.457 e. The van der Waals surface area contributed by atoms with Crippen molar-refractivity contribution in [1.82, 2.24) is 19.4 Å². The highest BCUT2D eigenvalue weighted by Gasteiger charge is 2.33. The van der Waals surface area contributed by atoms with E-state index < -0.39 is 5.60 Å². The molecule has 0 radical (unpaired) electrons. The van der Waals surface area contributed by atoms with Gasteiger partial charge in [0, 0.05) is 24.3 Å². The maximum atomic E-state index is 12.7. The van der Waals surface area contributed by atoms with Crippen molar-refractivity contribution in [2.75, 3.05) is 18.8 Å². The average Bonchev–Trinajstić information content (AvgIpc) is 3.42. The van der Waals surface area contributed by atoms with E-state index in [0.29, 0.717) is 18.9 Å². The van der Waals surface area contributed by atoms with Crippen molar-refractivity contribution in [3.05, 3.63) is 66.6 Å². The molecule has 3 heterocycles. The molecule has 5 rings (SSSR count). The Morgan fingerprint density at radius 3 is 2.42 bits per heavy atom.